The van der Waals surface area contributed by atoms with Crippen LogP contribution in [0.3, 0.4) is 0 Å². The second-order valence-corrected chi connectivity index (χ2v) is 5.70. The lowest BCUT2D eigenvalue weighted by Gasteiger charge is -2.31. The third-order valence-corrected chi connectivity index (χ3v) is 3.97. The molecule has 1 amide bonds. The SMILES string of the molecule is CNCCCNC(=O)C1CCCOC1c1ccc(C)cc1.Cl. The predicted octanol–water partition coefficient (Wildman–Crippen LogP) is 2.61. The Bertz CT molecular complexity index is 450. The van der Waals surface area contributed by atoms with E-state index in [9.17, 15) is 4.79 Å². The lowest BCUT2D eigenvalue weighted by molar-refractivity contribution is -0.134. The molecule has 1 aliphatic heterocycles. The van der Waals surface area contributed by atoms with E-state index in [1.807, 2.05) is 7.05 Å². The zero-order valence-corrected chi connectivity index (χ0v) is 14.2. The van der Waals surface area contributed by atoms with Gasteiger partial charge in [0.25, 0.3) is 0 Å². The van der Waals surface area contributed by atoms with Crippen LogP contribution in [0.25, 0.3) is 0 Å². The molecule has 0 radical (unpaired) electrons. The molecule has 1 saturated heterocycles. The standard InChI is InChI=1S/C17H26N2O2.ClH/c1-13-6-8-14(9-7-13)16-15(5-3-12-21-16)17(20)19-11-4-10-18-2;/h6-9,15-16,18H,3-5,10-12H2,1-2H3,(H,19,20);1H. The van der Waals surface area contributed by atoms with Crippen LogP contribution in [0.4, 0.5) is 0 Å². The van der Waals surface area contributed by atoms with Gasteiger partial charge in [-0.1, -0.05) is 29.8 Å². The third-order valence-electron chi connectivity index (χ3n) is 3.97. The van der Waals surface area contributed by atoms with E-state index in [4.69, 9.17) is 4.74 Å². The summed E-state index contributed by atoms with van der Waals surface area (Å²) in [4.78, 5) is 12.4. The van der Waals surface area contributed by atoms with E-state index in [0.717, 1.165) is 44.5 Å². The molecule has 1 aliphatic rings. The molecule has 1 heterocycles. The van der Waals surface area contributed by atoms with E-state index < -0.39 is 0 Å². The number of nitrogens with one attached hydrogen (secondary N) is 2. The summed E-state index contributed by atoms with van der Waals surface area (Å²) in [6, 6.07) is 8.31. The Kier molecular flexibility index (Phi) is 8.46. The highest BCUT2D eigenvalue weighted by Crippen LogP contribution is 2.33. The highest BCUT2D eigenvalue weighted by atomic mass is 35.5. The molecule has 4 nitrogen and oxygen atoms in total. The van der Waals surface area contributed by atoms with Gasteiger partial charge in [-0.05, 0) is 45.3 Å². The van der Waals surface area contributed by atoms with Crippen molar-refractivity contribution in [3.63, 3.8) is 0 Å². The number of carbonyl (C=O) groups excluding carboxylic acids is 1. The zero-order chi connectivity index (χ0) is 15.1. The summed E-state index contributed by atoms with van der Waals surface area (Å²) in [5.41, 5.74) is 2.33. The molecule has 2 unspecified atom stereocenters. The fourth-order valence-electron chi connectivity index (χ4n) is 2.74. The summed E-state index contributed by atoms with van der Waals surface area (Å²) >= 11 is 0. The van der Waals surface area contributed by atoms with E-state index in [0.29, 0.717) is 0 Å². The van der Waals surface area contributed by atoms with Crippen molar-refractivity contribution in [2.75, 3.05) is 26.7 Å². The molecular formula is C17H27ClN2O2. The first kappa shape index (κ1) is 18.9. The third kappa shape index (κ3) is 5.27. The average molecular weight is 327 g/mol. The molecule has 22 heavy (non-hydrogen) atoms. The van der Waals surface area contributed by atoms with Crippen LogP contribution in [-0.4, -0.2) is 32.7 Å². The van der Waals surface area contributed by atoms with Crippen molar-refractivity contribution in [2.24, 2.45) is 5.92 Å². The topological polar surface area (TPSA) is 50.4 Å². The van der Waals surface area contributed by atoms with Crippen LogP contribution in [0, 0.1) is 12.8 Å². The summed E-state index contributed by atoms with van der Waals surface area (Å²) < 4.78 is 5.89. The maximum atomic E-state index is 12.4. The Morgan fingerprint density at radius 1 is 1.27 bits per heavy atom. The van der Waals surface area contributed by atoms with Gasteiger partial charge in [0.15, 0.2) is 0 Å². The Hall–Kier alpha value is -1.10. The van der Waals surface area contributed by atoms with Crippen LogP contribution in [0.5, 0.6) is 0 Å². The van der Waals surface area contributed by atoms with E-state index in [2.05, 4.69) is 41.8 Å². The molecule has 1 fully saturated rings. The minimum atomic E-state index is -0.108. The van der Waals surface area contributed by atoms with Crippen LogP contribution in [0.15, 0.2) is 24.3 Å². The molecule has 5 heteroatoms. The minimum Gasteiger partial charge on any atom is -0.373 e. The van der Waals surface area contributed by atoms with Gasteiger partial charge in [0.1, 0.15) is 0 Å². The van der Waals surface area contributed by atoms with Gasteiger partial charge in [0.2, 0.25) is 5.91 Å². The second-order valence-electron chi connectivity index (χ2n) is 5.70. The van der Waals surface area contributed by atoms with Gasteiger partial charge in [-0.15, -0.1) is 12.4 Å². The molecule has 0 saturated carbocycles. The number of carbonyl (C=O) groups is 1. The second kappa shape index (κ2) is 9.82. The number of ether oxygens (including phenoxy) is 1. The molecular weight excluding hydrogens is 300 g/mol. The Balaban J connectivity index is 0.00000242. The first-order chi connectivity index (χ1) is 10.2. The lowest BCUT2D eigenvalue weighted by atomic mass is 9.88. The van der Waals surface area contributed by atoms with E-state index >= 15 is 0 Å². The number of hydrogen-bond acceptors (Lipinski definition) is 3. The van der Waals surface area contributed by atoms with Gasteiger partial charge >= 0.3 is 0 Å². The molecule has 0 aromatic heterocycles. The Morgan fingerprint density at radius 2 is 2.00 bits per heavy atom. The highest BCUT2D eigenvalue weighted by Gasteiger charge is 2.32. The summed E-state index contributed by atoms with van der Waals surface area (Å²) in [5.74, 6) is 0.0485. The van der Waals surface area contributed by atoms with Gasteiger partial charge in [0.05, 0.1) is 12.0 Å². The van der Waals surface area contributed by atoms with Crippen molar-refractivity contribution in [2.45, 2.75) is 32.3 Å². The molecule has 2 N–H and O–H groups in total. The molecule has 124 valence electrons. The van der Waals surface area contributed by atoms with Crippen LogP contribution in [-0.2, 0) is 9.53 Å². The minimum absolute atomic E-state index is 0. The summed E-state index contributed by atoms with van der Waals surface area (Å²) in [6.45, 7) is 4.44. The smallest absolute Gasteiger partial charge is 0.226 e. The number of rotatable bonds is 6. The van der Waals surface area contributed by atoms with Crippen molar-refractivity contribution < 1.29 is 9.53 Å². The maximum Gasteiger partial charge on any atom is 0.226 e. The number of halogens is 1. The average Bonchev–Trinajstić information content (AvgIpc) is 2.52. The molecule has 0 bridgehead atoms. The van der Waals surface area contributed by atoms with Crippen molar-refractivity contribution in [3.8, 4) is 0 Å². The number of aryl methyl sites for hydroxylation is 1. The Morgan fingerprint density at radius 3 is 2.68 bits per heavy atom. The van der Waals surface area contributed by atoms with Crippen LogP contribution in [0.1, 0.15) is 36.5 Å². The maximum absolute atomic E-state index is 12.4. The zero-order valence-electron chi connectivity index (χ0n) is 13.4. The molecule has 1 aromatic carbocycles. The van der Waals surface area contributed by atoms with Gasteiger partial charge in [0, 0.05) is 13.2 Å². The summed E-state index contributed by atoms with van der Waals surface area (Å²) in [7, 11) is 1.92. The van der Waals surface area contributed by atoms with E-state index in [1.165, 1.54) is 5.56 Å². The van der Waals surface area contributed by atoms with Gasteiger partial charge in [-0.2, -0.15) is 0 Å². The summed E-state index contributed by atoms with van der Waals surface area (Å²) in [6.07, 6.45) is 2.70. The molecule has 0 aliphatic carbocycles. The molecule has 2 atom stereocenters. The van der Waals surface area contributed by atoms with Crippen molar-refractivity contribution >= 4 is 18.3 Å². The first-order valence-corrected chi connectivity index (χ1v) is 7.83. The van der Waals surface area contributed by atoms with Crippen molar-refractivity contribution in [1.29, 1.82) is 0 Å². The summed E-state index contributed by atoms with van der Waals surface area (Å²) in [5, 5.41) is 6.12. The molecule has 1 aromatic rings. The van der Waals surface area contributed by atoms with Gasteiger partial charge < -0.3 is 15.4 Å². The number of hydrogen-bond donors (Lipinski definition) is 2. The Labute approximate surface area is 139 Å². The van der Waals surface area contributed by atoms with E-state index in [-0.39, 0.29) is 30.3 Å². The molecule has 2 rings (SSSR count). The highest BCUT2D eigenvalue weighted by molar-refractivity contribution is 5.85. The van der Waals surface area contributed by atoms with Crippen LogP contribution < -0.4 is 10.6 Å². The van der Waals surface area contributed by atoms with Crippen LogP contribution >= 0.6 is 12.4 Å². The predicted molar refractivity (Wildman–Crippen MR) is 91.4 cm³/mol. The monoisotopic (exact) mass is 326 g/mol. The van der Waals surface area contributed by atoms with Crippen molar-refractivity contribution in [1.82, 2.24) is 10.6 Å². The quantitative estimate of drug-likeness (QED) is 0.790. The lowest BCUT2D eigenvalue weighted by Crippen LogP contribution is -2.38. The van der Waals surface area contributed by atoms with E-state index in [1.54, 1.807) is 0 Å². The fraction of sp³-hybridized carbons (Fsp3) is 0.588. The fourth-order valence-corrected chi connectivity index (χ4v) is 2.74. The van der Waals surface area contributed by atoms with Crippen molar-refractivity contribution in [3.05, 3.63) is 35.4 Å². The normalized spacial score (nSPS) is 21.0. The van der Waals surface area contributed by atoms with Gasteiger partial charge in [-0.3, -0.25) is 4.79 Å². The number of benzene rings is 1. The van der Waals surface area contributed by atoms with Gasteiger partial charge in [-0.25, -0.2) is 0 Å². The molecule has 0 spiro atoms. The first-order valence-electron chi connectivity index (χ1n) is 7.83. The largest absolute Gasteiger partial charge is 0.373 e. The van der Waals surface area contributed by atoms with Crippen LogP contribution in [0.2, 0.25) is 0 Å². The number of amides is 1.